The highest BCUT2D eigenvalue weighted by Crippen LogP contribution is 2.34. The number of hydrogen-bond acceptors (Lipinski definition) is 6. The standard InChI is InChI=1S/C27H40N2O6S/c1-19(2)7-6-8-22-9-10-26-24(15-22)35-25(17-28(5)27(31)23-11-13-34-14-12-23)20(3)16-29(21(4)18-30)36(26,32)33/h9-10,15,19-21,23,25,30H,7,11-14,16-18H2,1-5H3/t20-,21-,25-/m0/s1. The van der Waals surface area contributed by atoms with E-state index in [0.717, 1.165) is 6.42 Å². The third-order valence-corrected chi connectivity index (χ3v) is 8.83. The quantitative estimate of drug-likeness (QED) is 0.580. The van der Waals surface area contributed by atoms with E-state index in [0.29, 0.717) is 44.1 Å². The van der Waals surface area contributed by atoms with Gasteiger partial charge in [0.15, 0.2) is 0 Å². The second kappa shape index (κ2) is 12.4. The number of rotatable bonds is 6. The van der Waals surface area contributed by atoms with Crippen molar-refractivity contribution in [2.75, 3.05) is 40.0 Å². The van der Waals surface area contributed by atoms with E-state index in [2.05, 4.69) is 25.7 Å². The van der Waals surface area contributed by atoms with E-state index in [1.165, 1.54) is 10.4 Å². The maximum Gasteiger partial charge on any atom is 0.247 e. The molecule has 8 nitrogen and oxygen atoms in total. The lowest BCUT2D eigenvalue weighted by atomic mass is 9.97. The van der Waals surface area contributed by atoms with Gasteiger partial charge in [0.1, 0.15) is 16.7 Å². The number of ether oxygens (including phenoxy) is 2. The fraction of sp³-hybridized carbons (Fsp3) is 0.667. The molecule has 0 aliphatic carbocycles. The molecule has 0 aromatic heterocycles. The van der Waals surface area contributed by atoms with Gasteiger partial charge in [-0.3, -0.25) is 4.79 Å². The summed E-state index contributed by atoms with van der Waals surface area (Å²) in [5.41, 5.74) is 0.671. The van der Waals surface area contributed by atoms with E-state index in [-0.39, 0.29) is 41.5 Å². The molecule has 3 rings (SSSR count). The maximum absolute atomic E-state index is 13.6. The van der Waals surface area contributed by atoms with Crippen molar-refractivity contribution >= 4 is 15.9 Å². The third-order valence-electron chi connectivity index (χ3n) is 6.81. The summed E-state index contributed by atoms with van der Waals surface area (Å²) in [7, 11) is -2.15. The van der Waals surface area contributed by atoms with Gasteiger partial charge in [-0.25, -0.2) is 8.42 Å². The molecule has 9 heteroatoms. The second-order valence-electron chi connectivity index (χ2n) is 10.4. The van der Waals surface area contributed by atoms with Crippen LogP contribution in [-0.2, 0) is 19.6 Å². The number of carbonyl (C=O) groups excluding carboxylic acids is 1. The number of aliphatic hydroxyl groups excluding tert-OH is 1. The molecular formula is C27H40N2O6S. The van der Waals surface area contributed by atoms with E-state index in [1.807, 2.05) is 6.92 Å². The first-order valence-electron chi connectivity index (χ1n) is 12.8. The van der Waals surface area contributed by atoms with Gasteiger partial charge in [-0.15, -0.1) is 0 Å². The monoisotopic (exact) mass is 520 g/mol. The molecule has 2 heterocycles. The van der Waals surface area contributed by atoms with Crippen LogP contribution in [0.1, 0.15) is 52.5 Å². The van der Waals surface area contributed by atoms with Gasteiger partial charge in [0, 0.05) is 56.7 Å². The molecule has 36 heavy (non-hydrogen) atoms. The third kappa shape index (κ3) is 6.80. The van der Waals surface area contributed by atoms with E-state index in [9.17, 15) is 18.3 Å². The highest BCUT2D eigenvalue weighted by molar-refractivity contribution is 7.89. The molecule has 0 unspecified atom stereocenters. The van der Waals surface area contributed by atoms with E-state index in [1.54, 1.807) is 31.0 Å². The van der Waals surface area contributed by atoms with Crippen LogP contribution in [0.15, 0.2) is 23.1 Å². The summed E-state index contributed by atoms with van der Waals surface area (Å²) < 4.78 is 40.3. The summed E-state index contributed by atoms with van der Waals surface area (Å²) in [4.78, 5) is 14.8. The number of carbonyl (C=O) groups is 1. The molecule has 0 spiro atoms. The maximum atomic E-state index is 13.6. The van der Waals surface area contributed by atoms with Crippen molar-refractivity contribution in [3.63, 3.8) is 0 Å². The van der Waals surface area contributed by atoms with Gasteiger partial charge < -0.3 is 19.5 Å². The Hall–Kier alpha value is -2.12. The van der Waals surface area contributed by atoms with Crippen LogP contribution in [0.4, 0.5) is 0 Å². The first-order valence-corrected chi connectivity index (χ1v) is 14.2. The molecule has 2 aliphatic heterocycles. The zero-order valence-corrected chi connectivity index (χ0v) is 22.9. The van der Waals surface area contributed by atoms with Gasteiger partial charge >= 0.3 is 0 Å². The van der Waals surface area contributed by atoms with Crippen LogP contribution in [0.3, 0.4) is 0 Å². The van der Waals surface area contributed by atoms with Crippen LogP contribution in [-0.4, -0.2) is 80.7 Å². The summed E-state index contributed by atoms with van der Waals surface area (Å²) in [6.07, 6.45) is 1.69. The van der Waals surface area contributed by atoms with Gasteiger partial charge in [0.05, 0.1) is 13.2 Å². The van der Waals surface area contributed by atoms with Gasteiger partial charge in [0.25, 0.3) is 0 Å². The Labute approximate surface area is 216 Å². The number of amides is 1. The van der Waals surface area contributed by atoms with Gasteiger partial charge in [-0.05, 0) is 43.9 Å². The number of hydrogen-bond donors (Lipinski definition) is 1. The van der Waals surface area contributed by atoms with Crippen molar-refractivity contribution in [2.45, 2.75) is 64.0 Å². The number of nitrogens with zero attached hydrogens (tertiary/aromatic N) is 2. The largest absolute Gasteiger partial charge is 0.487 e. The average molecular weight is 521 g/mol. The zero-order chi connectivity index (χ0) is 26.5. The molecule has 1 aromatic rings. The summed E-state index contributed by atoms with van der Waals surface area (Å²) in [6.45, 7) is 9.15. The molecule has 1 N–H and O–H groups in total. The first kappa shape index (κ1) is 28.5. The van der Waals surface area contributed by atoms with Gasteiger partial charge in [-0.2, -0.15) is 4.31 Å². The lowest BCUT2D eigenvalue weighted by Crippen LogP contribution is -2.50. The smallest absolute Gasteiger partial charge is 0.247 e. The Morgan fingerprint density at radius 3 is 2.58 bits per heavy atom. The predicted molar refractivity (Wildman–Crippen MR) is 138 cm³/mol. The van der Waals surface area contributed by atoms with Crippen molar-refractivity contribution in [2.24, 2.45) is 17.8 Å². The van der Waals surface area contributed by atoms with Crippen LogP contribution < -0.4 is 4.74 Å². The number of sulfonamides is 1. The van der Waals surface area contributed by atoms with Crippen molar-refractivity contribution in [1.29, 1.82) is 0 Å². The minimum atomic E-state index is -3.92. The molecule has 1 amide bonds. The summed E-state index contributed by atoms with van der Waals surface area (Å²) in [5.74, 6) is 6.65. The number of likely N-dealkylation sites (N-methyl/N-ethyl adjacent to an activating group) is 1. The molecule has 200 valence electrons. The molecule has 2 aliphatic rings. The van der Waals surface area contributed by atoms with Crippen LogP contribution in [0, 0.1) is 29.6 Å². The van der Waals surface area contributed by atoms with E-state index >= 15 is 0 Å². The summed E-state index contributed by atoms with van der Waals surface area (Å²) in [5, 5.41) is 9.81. The minimum Gasteiger partial charge on any atom is -0.487 e. The summed E-state index contributed by atoms with van der Waals surface area (Å²) >= 11 is 0. The summed E-state index contributed by atoms with van der Waals surface area (Å²) in [6, 6.07) is 4.30. The van der Waals surface area contributed by atoms with Crippen molar-refractivity contribution in [3.8, 4) is 17.6 Å². The normalized spacial score (nSPS) is 23.4. The fourth-order valence-electron chi connectivity index (χ4n) is 4.49. The SMILES string of the molecule is CC(C)CC#Cc1ccc2c(c1)O[C@@H](CN(C)C(=O)C1CCOCC1)[C@@H](C)CN([C@@H](C)CO)S2(=O)=O. The Kier molecular flexibility index (Phi) is 9.81. The van der Waals surface area contributed by atoms with E-state index in [4.69, 9.17) is 9.47 Å². The molecule has 0 saturated carbocycles. The lowest BCUT2D eigenvalue weighted by molar-refractivity contribution is -0.138. The molecule has 3 atom stereocenters. The number of benzene rings is 1. The predicted octanol–water partition coefficient (Wildman–Crippen LogP) is 2.74. The fourth-order valence-corrected chi connectivity index (χ4v) is 6.32. The van der Waals surface area contributed by atoms with Gasteiger partial charge in [0.2, 0.25) is 15.9 Å². The highest BCUT2D eigenvalue weighted by Gasteiger charge is 2.38. The zero-order valence-electron chi connectivity index (χ0n) is 22.1. The molecule has 0 bridgehead atoms. The Balaban J connectivity index is 1.96. The minimum absolute atomic E-state index is 0.0486. The first-order chi connectivity index (χ1) is 17.0. The Bertz CT molecular complexity index is 1070. The van der Waals surface area contributed by atoms with Gasteiger partial charge in [-0.1, -0.05) is 32.6 Å². The lowest BCUT2D eigenvalue weighted by Gasteiger charge is -2.38. The van der Waals surface area contributed by atoms with Crippen molar-refractivity contribution in [1.82, 2.24) is 9.21 Å². The molecule has 1 fully saturated rings. The van der Waals surface area contributed by atoms with E-state index < -0.39 is 22.2 Å². The van der Waals surface area contributed by atoms with Crippen molar-refractivity contribution < 1.29 is 27.8 Å². The number of aliphatic hydroxyl groups is 1. The van der Waals surface area contributed by atoms with Crippen LogP contribution in [0.2, 0.25) is 0 Å². The Morgan fingerprint density at radius 1 is 1.25 bits per heavy atom. The molecule has 0 radical (unpaired) electrons. The van der Waals surface area contributed by atoms with Crippen LogP contribution >= 0.6 is 0 Å². The van der Waals surface area contributed by atoms with Crippen molar-refractivity contribution in [3.05, 3.63) is 23.8 Å². The van der Waals surface area contributed by atoms with Crippen LogP contribution in [0.5, 0.6) is 5.75 Å². The molecule has 1 saturated heterocycles. The highest BCUT2D eigenvalue weighted by atomic mass is 32.2. The topological polar surface area (TPSA) is 96.4 Å². The Morgan fingerprint density at radius 2 is 1.94 bits per heavy atom. The van der Waals surface area contributed by atoms with Crippen LogP contribution in [0.25, 0.3) is 0 Å². The number of fused-ring (bicyclic) bond motifs is 1. The second-order valence-corrected chi connectivity index (χ2v) is 12.3. The average Bonchev–Trinajstić information content (AvgIpc) is 2.85. The molecule has 1 aromatic carbocycles. The molecular weight excluding hydrogens is 480 g/mol.